The molecule has 0 unspecified atom stereocenters. The van der Waals surface area contributed by atoms with E-state index >= 15 is 0 Å². The molecule has 0 aliphatic rings. The van der Waals surface area contributed by atoms with Gasteiger partial charge in [0.05, 0.1) is 5.56 Å². The fourth-order valence-corrected chi connectivity index (χ4v) is 2.24. The summed E-state index contributed by atoms with van der Waals surface area (Å²) in [5.41, 5.74) is 1.16. The third-order valence-electron chi connectivity index (χ3n) is 2.26. The number of aromatic carboxylic acids is 1. The number of aromatic nitrogens is 1. The van der Waals surface area contributed by atoms with E-state index in [9.17, 15) is 4.79 Å². The molecule has 0 aliphatic carbocycles. The number of hydrogen-bond acceptors (Lipinski definition) is 3. The maximum absolute atomic E-state index is 10.8. The van der Waals surface area contributed by atoms with Crippen LogP contribution in [0.2, 0.25) is 0 Å². The molecular formula is C12H11NO2S. The van der Waals surface area contributed by atoms with Crippen molar-refractivity contribution in [3.63, 3.8) is 0 Å². The molecule has 0 saturated heterocycles. The van der Waals surface area contributed by atoms with Gasteiger partial charge >= 0.3 is 5.97 Å². The second kappa shape index (κ2) is 4.45. The van der Waals surface area contributed by atoms with E-state index in [1.54, 1.807) is 29.5 Å². The average molecular weight is 233 g/mol. The highest BCUT2D eigenvalue weighted by Crippen LogP contribution is 2.25. The molecule has 0 amide bonds. The third-order valence-corrected chi connectivity index (χ3v) is 3.45. The highest BCUT2D eigenvalue weighted by atomic mass is 32.1. The first-order chi connectivity index (χ1) is 7.70. The topological polar surface area (TPSA) is 50.2 Å². The Morgan fingerprint density at radius 2 is 2.31 bits per heavy atom. The SMILES string of the molecule is CCc1cnc(-c2cccc(C(=O)O)c2)s1. The van der Waals surface area contributed by atoms with Crippen LogP contribution >= 0.6 is 11.3 Å². The molecule has 2 aromatic rings. The molecular weight excluding hydrogens is 222 g/mol. The van der Waals surface area contributed by atoms with Gasteiger partial charge < -0.3 is 5.11 Å². The number of rotatable bonds is 3. The lowest BCUT2D eigenvalue weighted by molar-refractivity contribution is 0.0697. The first kappa shape index (κ1) is 10.8. The largest absolute Gasteiger partial charge is 0.478 e. The highest BCUT2D eigenvalue weighted by Gasteiger charge is 2.07. The molecule has 1 aromatic carbocycles. The van der Waals surface area contributed by atoms with E-state index < -0.39 is 5.97 Å². The van der Waals surface area contributed by atoms with E-state index in [0.29, 0.717) is 5.56 Å². The van der Waals surface area contributed by atoms with Gasteiger partial charge in [0.15, 0.2) is 0 Å². The monoisotopic (exact) mass is 233 g/mol. The van der Waals surface area contributed by atoms with Gasteiger partial charge in [-0.05, 0) is 18.6 Å². The zero-order chi connectivity index (χ0) is 11.5. The fraction of sp³-hybridized carbons (Fsp3) is 0.167. The zero-order valence-electron chi connectivity index (χ0n) is 8.80. The number of thiazole rings is 1. The number of carbonyl (C=O) groups is 1. The molecule has 0 spiro atoms. The van der Waals surface area contributed by atoms with Crippen LogP contribution < -0.4 is 0 Å². The molecule has 4 heteroatoms. The van der Waals surface area contributed by atoms with Crippen LogP contribution in [0.1, 0.15) is 22.2 Å². The lowest BCUT2D eigenvalue weighted by Gasteiger charge is -1.98. The Morgan fingerprint density at radius 1 is 1.50 bits per heavy atom. The molecule has 1 aromatic heterocycles. The van der Waals surface area contributed by atoms with Crippen molar-refractivity contribution in [1.29, 1.82) is 0 Å². The van der Waals surface area contributed by atoms with Crippen molar-refractivity contribution in [3.05, 3.63) is 40.9 Å². The summed E-state index contributed by atoms with van der Waals surface area (Å²) < 4.78 is 0. The normalized spacial score (nSPS) is 10.3. The Morgan fingerprint density at radius 3 is 2.94 bits per heavy atom. The summed E-state index contributed by atoms with van der Waals surface area (Å²) in [7, 11) is 0. The van der Waals surface area contributed by atoms with Crippen LogP contribution in [-0.2, 0) is 6.42 Å². The molecule has 82 valence electrons. The molecule has 16 heavy (non-hydrogen) atoms. The van der Waals surface area contributed by atoms with Gasteiger partial charge in [-0.25, -0.2) is 9.78 Å². The number of nitrogens with zero attached hydrogens (tertiary/aromatic N) is 1. The van der Waals surface area contributed by atoms with Crippen molar-refractivity contribution >= 4 is 17.3 Å². The average Bonchev–Trinajstić information content (AvgIpc) is 2.77. The van der Waals surface area contributed by atoms with Crippen molar-refractivity contribution in [2.75, 3.05) is 0 Å². The first-order valence-corrected chi connectivity index (χ1v) is 5.80. The summed E-state index contributed by atoms with van der Waals surface area (Å²) in [5.74, 6) is -0.908. The van der Waals surface area contributed by atoms with Crippen LogP contribution in [0, 0.1) is 0 Å². The minimum absolute atomic E-state index is 0.297. The minimum Gasteiger partial charge on any atom is -0.478 e. The second-order valence-corrected chi connectivity index (χ2v) is 4.49. The predicted octanol–water partition coefficient (Wildman–Crippen LogP) is 3.07. The molecule has 1 N–H and O–H groups in total. The molecule has 0 bridgehead atoms. The van der Waals surface area contributed by atoms with E-state index in [1.165, 1.54) is 4.88 Å². The van der Waals surface area contributed by atoms with Crippen LogP contribution in [0.25, 0.3) is 10.6 Å². The number of aryl methyl sites for hydroxylation is 1. The van der Waals surface area contributed by atoms with E-state index in [4.69, 9.17) is 5.11 Å². The summed E-state index contributed by atoms with van der Waals surface area (Å²) in [6.07, 6.45) is 2.80. The molecule has 0 fully saturated rings. The van der Waals surface area contributed by atoms with Crippen LogP contribution in [0.15, 0.2) is 30.5 Å². The van der Waals surface area contributed by atoms with Crippen LogP contribution in [0.3, 0.4) is 0 Å². The van der Waals surface area contributed by atoms with E-state index in [1.807, 2.05) is 12.3 Å². The molecule has 3 nitrogen and oxygen atoms in total. The van der Waals surface area contributed by atoms with Gasteiger partial charge in [0.2, 0.25) is 0 Å². The summed E-state index contributed by atoms with van der Waals surface area (Å²) >= 11 is 1.60. The van der Waals surface area contributed by atoms with Gasteiger partial charge in [0.25, 0.3) is 0 Å². The van der Waals surface area contributed by atoms with Gasteiger partial charge in [-0.2, -0.15) is 0 Å². The van der Waals surface area contributed by atoms with Crippen molar-refractivity contribution < 1.29 is 9.90 Å². The van der Waals surface area contributed by atoms with Crippen molar-refractivity contribution in [2.45, 2.75) is 13.3 Å². The Kier molecular flexibility index (Phi) is 3.01. The van der Waals surface area contributed by atoms with E-state index in [-0.39, 0.29) is 0 Å². The summed E-state index contributed by atoms with van der Waals surface area (Å²) in [5, 5.41) is 9.77. The summed E-state index contributed by atoms with van der Waals surface area (Å²) in [4.78, 5) is 16.3. The van der Waals surface area contributed by atoms with Gasteiger partial charge in [0.1, 0.15) is 5.01 Å². The van der Waals surface area contributed by atoms with Crippen LogP contribution in [-0.4, -0.2) is 16.1 Å². The van der Waals surface area contributed by atoms with Gasteiger partial charge in [-0.15, -0.1) is 11.3 Å². The molecule has 2 rings (SSSR count). The molecule has 1 heterocycles. The number of benzene rings is 1. The molecule has 0 radical (unpaired) electrons. The fourth-order valence-electron chi connectivity index (χ4n) is 1.39. The standard InChI is InChI=1S/C12H11NO2S/c1-2-10-7-13-11(16-10)8-4-3-5-9(6-8)12(14)15/h3-7H,2H2,1H3,(H,14,15). The Bertz CT molecular complexity index is 519. The number of carboxylic acid groups (broad SMARTS) is 1. The van der Waals surface area contributed by atoms with Crippen molar-refractivity contribution in [1.82, 2.24) is 4.98 Å². The third kappa shape index (κ3) is 2.12. The van der Waals surface area contributed by atoms with Crippen LogP contribution in [0.4, 0.5) is 0 Å². The summed E-state index contributed by atoms with van der Waals surface area (Å²) in [6.45, 7) is 2.07. The number of hydrogen-bond donors (Lipinski definition) is 1. The van der Waals surface area contributed by atoms with E-state index in [2.05, 4.69) is 11.9 Å². The van der Waals surface area contributed by atoms with Gasteiger partial charge in [-0.1, -0.05) is 19.1 Å². The molecule has 0 atom stereocenters. The van der Waals surface area contributed by atoms with Crippen molar-refractivity contribution in [3.8, 4) is 10.6 Å². The minimum atomic E-state index is -0.908. The van der Waals surface area contributed by atoms with Crippen LogP contribution in [0.5, 0.6) is 0 Å². The quantitative estimate of drug-likeness (QED) is 0.886. The lowest BCUT2D eigenvalue weighted by atomic mass is 10.1. The molecule has 0 saturated carbocycles. The zero-order valence-corrected chi connectivity index (χ0v) is 9.62. The number of carboxylic acids is 1. The smallest absolute Gasteiger partial charge is 0.335 e. The second-order valence-electron chi connectivity index (χ2n) is 3.37. The van der Waals surface area contributed by atoms with Gasteiger partial charge in [0, 0.05) is 16.6 Å². The highest BCUT2D eigenvalue weighted by molar-refractivity contribution is 7.15. The summed E-state index contributed by atoms with van der Waals surface area (Å²) in [6, 6.07) is 6.86. The first-order valence-electron chi connectivity index (χ1n) is 4.99. The molecule has 0 aliphatic heterocycles. The maximum Gasteiger partial charge on any atom is 0.335 e. The Hall–Kier alpha value is -1.68. The van der Waals surface area contributed by atoms with E-state index in [0.717, 1.165) is 17.0 Å². The van der Waals surface area contributed by atoms with Crippen molar-refractivity contribution in [2.24, 2.45) is 0 Å². The maximum atomic E-state index is 10.8. The lowest BCUT2D eigenvalue weighted by Crippen LogP contribution is -1.95. The Balaban J connectivity index is 2.40. The van der Waals surface area contributed by atoms with Gasteiger partial charge in [-0.3, -0.25) is 0 Å². The Labute approximate surface area is 97.4 Å². The predicted molar refractivity (Wildman–Crippen MR) is 63.9 cm³/mol.